The average Bonchev–Trinajstić information content (AvgIpc) is 2.75. The minimum atomic E-state index is -1.58. The van der Waals surface area contributed by atoms with Gasteiger partial charge in [-0.15, -0.1) is 0 Å². The smallest absolute Gasteiger partial charge is 0.220 e. The van der Waals surface area contributed by atoms with Gasteiger partial charge in [-0.25, -0.2) is 0 Å². The van der Waals surface area contributed by atoms with Crippen LogP contribution in [0, 0.1) is 0 Å². The second kappa shape index (κ2) is 67.9. The van der Waals surface area contributed by atoms with Crippen LogP contribution in [-0.2, 0) is 14.3 Å². The lowest BCUT2D eigenvalue weighted by Gasteiger charge is -2.40. The molecule has 0 aromatic rings. The quantitative estimate of drug-likeness (QED) is 0.0261. The lowest BCUT2D eigenvalue weighted by atomic mass is 9.99. The van der Waals surface area contributed by atoms with Crippen LogP contribution in [0.1, 0.15) is 303 Å². The molecule has 1 fully saturated rings. The van der Waals surface area contributed by atoms with Gasteiger partial charge in [-0.05, 0) is 109 Å². The van der Waals surface area contributed by atoms with Crippen molar-refractivity contribution in [3.63, 3.8) is 0 Å². The molecule has 0 aromatic carbocycles. The van der Waals surface area contributed by atoms with E-state index in [4.69, 9.17) is 9.47 Å². The fraction of sp³-hybridized carbons (Fsp3) is 0.691. The fourth-order valence-corrected chi connectivity index (χ4v) is 10.9. The predicted octanol–water partition coefficient (Wildman–Crippen LogP) is 20.9. The number of rotatable bonds is 63. The van der Waals surface area contributed by atoms with Gasteiger partial charge in [0.1, 0.15) is 24.4 Å². The first-order valence-corrected chi connectivity index (χ1v) is 37.1. The molecule has 0 bridgehead atoms. The van der Waals surface area contributed by atoms with Crippen molar-refractivity contribution in [2.24, 2.45) is 0 Å². The van der Waals surface area contributed by atoms with E-state index in [2.05, 4.69) is 153 Å². The molecule has 1 aliphatic heterocycles. The van der Waals surface area contributed by atoms with E-state index in [-0.39, 0.29) is 12.5 Å². The van der Waals surface area contributed by atoms with Gasteiger partial charge in [0, 0.05) is 6.42 Å². The first-order valence-electron chi connectivity index (χ1n) is 37.1. The van der Waals surface area contributed by atoms with Gasteiger partial charge in [-0.1, -0.05) is 333 Å². The van der Waals surface area contributed by atoms with Crippen molar-refractivity contribution < 1.29 is 39.8 Å². The van der Waals surface area contributed by atoms with Crippen molar-refractivity contribution in [2.45, 2.75) is 346 Å². The largest absolute Gasteiger partial charge is 0.394 e. The Hall–Kier alpha value is -3.93. The second-order valence-electron chi connectivity index (χ2n) is 25.0. The minimum absolute atomic E-state index is 0.198. The Morgan fingerprint density at radius 3 is 1.07 bits per heavy atom. The van der Waals surface area contributed by atoms with Gasteiger partial charge < -0.3 is 40.3 Å². The van der Waals surface area contributed by atoms with Gasteiger partial charge in [0.05, 0.1) is 25.4 Å². The van der Waals surface area contributed by atoms with Crippen LogP contribution in [0.4, 0.5) is 0 Å². The van der Waals surface area contributed by atoms with Gasteiger partial charge in [-0.3, -0.25) is 4.79 Å². The topological polar surface area (TPSA) is 149 Å². The Kier molecular flexibility index (Phi) is 63.5. The van der Waals surface area contributed by atoms with Crippen LogP contribution in [0.3, 0.4) is 0 Å². The minimum Gasteiger partial charge on any atom is -0.394 e. The Morgan fingerprint density at radius 2 is 0.700 bits per heavy atom. The van der Waals surface area contributed by atoms with Gasteiger partial charge in [0.2, 0.25) is 5.91 Å². The summed E-state index contributed by atoms with van der Waals surface area (Å²) in [5.74, 6) is -0.198. The lowest BCUT2D eigenvalue weighted by Crippen LogP contribution is -2.60. The molecular weight excluding hydrogens is 1110 g/mol. The first kappa shape index (κ1) is 84.1. The standard InChI is InChI=1S/C81H137NO8/c1-3-5-7-9-11-13-15-17-19-21-23-25-27-29-31-33-34-35-36-37-38-39-40-41-42-43-45-47-49-51-53-55-57-59-61-63-65-67-69-71-77(85)82-74(73-89-81-80(88)79(87)78(86)76(72-83)90-81)75(84)70-68-66-64-62-60-58-56-54-52-50-48-46-44-32-30-28-26-24-22-20-18-16-14-12-10-8-6-4-2/h5,7,11,13,17,19,23,25,29,31,34-35,37-38,40-41,43,45,49,51,60,62,68,70,74-76,78-81,83-84,86-88H,3-4,6,8-10,12,14-16,18,20-22,24,26-28,30,32-33,36,39,42,44,46-48,50,52-59,61,63-67,69,71-73H2,1-2H3,(H,82,85)/b7-5-,13-11-,19-17-,25-23-,31-29-,35-34-,38-37-,41-40-,45-43-,51-49-,62-60+,70-68+. The highest BCUT2D eigenvalue weighted by molar-refractivity contribution is 5.76. The molecular formula is C81H137NO8. The number of carbonyl (C=O) groups excluding carboxylic acids is 1. The number of aliphatic hydroxyl groups excluding tert-OH is 5. The summed E-state index contributed by atoms with van der Waals surface area (Å²) < 4.78 is 11.3. The summed E-state index contributed by atoms with van der Waals surface area (Å²) in [7, 11) is 0. The van der Waals surface area contributed by atoms with E-state index in [9.17, 15) is 30.3 Å². The molecule has 90 heavy (non-hydrogen) atoms. The zero-order valence-corrected chi connectivity index (χ0v) is 57.6. The summed E-state index contributed by atoms with van der Waals surface area (Å²) in [5.41, 5.74) is 0. The van der Waals surface area contributed by atoms with E-state index in [0.29, 0.717) is 6.42 Å². The number of amides is 1. The summed E-state index contributed by atoms with van der Waals surface area (Å²) in [5, 5.41) is 54.8. The van der Waals surface area contributed by atoms with E-state index in [1.165, 1.54) is 167 Å². The molecule has 0 spiro atoms. The van der Waals surface area contributed by atoms with E-state index in [0.717, 1.165) is 116 Å². The summed E-state index contributed by atoms with van der Waals surface area (Å²) in [6.45, 7) is 3.67. The fourth-order valence-electron chi connectivity index (χ4n) is 10.9. The monoisotopic (exact) mass is 1250 g/mol. The molecule has 1 rings (SSSR count). The molecule has 514 valence electrons. The number of aliphatic hydroxyl groups is 5. The highest BCUT2D eigenvalue weighted by Crippen LogP contribution is 2.23. The Balaban J connectivity index is 2.17. The van der Waals surface area contributed by atoms with Gasteiger partial charge >= 0.3 is 0 Å². The normalized spacial score (nSPS) is 18.7. The van der Waals surface area contributed by atoms with Crippen molar-refractivity contribution in [1.82, 2.24) is 5.32 Å². The number of allylic oxidation sites excluding steroid dienone is 23. The van der Waals surface area contributed by atoms with E-state index >= 15 is 0 Å². The number of carbonyl (C=O) groups is 1. The number of ether oxygens (including phenoxy) is 2. The zero-order chi connectivity index (χ0) is 64.9. The Morgan fingerprint density at radius 1 is 0.389 bits per heavy atom. The summed E-state index contributed by atoms with van der Waals surface area (Å²) in [6.07, 6.45) is 98.1. The van der Waals surface area contributed by atoms with Crippen molar-refractivity contribution in [3.05, 3.63) is 146 Å². The van der Waals surface area contributed by atoms with Gasteiger partial charge in [0.25, 0.3) is 0 Å². The maximum Gasteiger partial charge on any atom is 0.220 e. The van der Waals surface area contributed by atoms with Crippen LogP contribution in [-0.4, -0.2) is 87.5 Å². The summed E-state index contributed by atoms with van der Waals surface area (Å²) >= 11 is 0. The molecule has 1 heterocycles. The Labute approximate surface area is 553 Å². The van der Waals surface area contributed by atoms with Crippen molar-refractivity contribution >= 4 is 5.91 Å². The van der Waals surface area contributed by atoms with Crippen molar-refractivity contribution in [1.29, 1.82) is 0 Å². The van der Waals surface area contributed by atoms with Crippen LogP contribution in [0.15, 0.2) is 146 Å². The number of hydrogen-bond donors (Lipinski definition) is 6. The van der Waals surface area contributed by atoms with Crippen LogP contribution < -0.4 is 5.32 Å². The van der Waals surface area contributed by atoms with Crippen LogP contribution in [0.25, 0.3) is 0 Å². The molecule has 0 aliphatic carbocycles. The SMILES string of the molecule is CC/C=C\C/C=C\C/C=C\C/C=C\C/C=C\C/C=C\C/C=C\C/C=C\C/C=C\C/C=C\CCCCCCCCCCC(=O)NC(COC1OC(CO)C(O)C(O)C1O)C(O)/C=C/CC/C=C/CCCCCCCCCCCCCCCCCCCCCCCC. The molecule has 1 aliphatic rings. The average molecular weight is 1250 g/mol. The molecule has 0 radical (unpaired) electrons. The summed E-state index contributed by atoms with van der Waals surface area (Å²) in [6, 6.07) is -0.839. The summed E-state index contributed by atoms with van der Waals surface area (Å²) in [4.78, 5) is 13.1. The molecule has 0 saturated carbocycles. The third-order valence-electron chi connectivity index (χ3n) is 16.6. The predicted molar refractivity (Wildman–Crippen MR) is 386 cm³/mol. The number of unbranched alkanes of at least 4 members (excludes halogenated alkanes) is 31. The third kappa shape index (κ3) is 55.7. The molecule has 1 saturated heterocycles. The lowest BCUT2D eigenvalue weighted by molar-refractivity contribution is -0.302. The molecule has 6 N–H and O–H groups in total. The molecule has 1 amide bonds. The van der Waals surface area contributed by atoms with Crippen LogP contribution in [0.5, 0.6) is 0 Å². The van der Waals surface area contributed by atoms with Crippen molar-refractivity contribution in [3.8, 4) is 0 Å². The van der Waals surface area contributed by atoms with Gasteiger partial charge in [-0.2, -0.15) is 0 Å². The van der Waals surface area contributed by atoms with Crippen LogP contribution in [0.2, 0.25) is 0 Å². The molecule has 9 nitrogen and oxygen atoms in total. The van der Waals surface area contributed by atoms with Crippen LogP contribution >= 0.6 is 0 Å². The Bertz CT molecular complexity index is 1940. The van der Waals surface area contributed by atoms with Gasteiger partial charge in [0.15, 0.2) is 6.29 Å². The number of hydrogen-bond acceptors (Lipinski definition) is 8. The number of nitrogens with one attached hydrogen (secondary N) is 1. The molecule has 7 unspecified atom stereocenters. The zero-order valence-electron chi connectivity index (χ0n) is 57.6. The molecule has 9 heteroatoms. The molecule has 0 aromatic heterocycles. The second-order valence-corrected chi connectivity index (χ2v) is 25.0. The van der Waals surface area contributed by atoms with E-state index in [1.807, 2.05) is 6.08 Å². The highest BCUT2D eigenvalue weighted by Gasteiger charge is 2.44. The highest BCUT2D eigenvalue weighted by atomic mass is 16.7. The van der Waals surface area contributed by atoms with E-state index < -0.39 is 49.5 Å². The maximum absolute atomic E-state index is 13.1. The van der Waals surface area contributed by atoms with Crippen molar-refractivity contribution in [2.75, 3.05) is 13.2 Å². The first-order chi connectivity index (χ1) is 44.3. The maximum atomic E-state index is 13.1. The van der Waals surface area contributed by atoms with E-state index in [1.54, 1.807) is 6.08 Å². The molecule has 7 atom stereocenters. The third-order valence-corrected chi connectivity index (χ3v) is 16.6.